The third-order valence-corrected chi connectivity index (χ3v) is 4.08. The van der Waals surface area contributed by atoms with Gasteiger partial charge in [0.25, 0.3) is 0 Å². The minimum atomic E-state index is 0.102. The molecule has 2 N–H and O–H groups in total. The summed E-state index contributed by atoms with van der Waals surface area (Å²) < 4.78 is 11.3. The maximum Gasteiger partial charge on any atom is 0.164 e. The largest absolute Gasteiger partial charge is 0.493 e. The lowest BCUT2D eigenvalue weighted by atomic mass is 10.0. The van der Waals surface area contributed by atoms with Crippen molar-refractivity contribution in [2.24, 2.45) is 5.73 Å². The summed E-state index contributed by atoms with van der Waals surface area (Å²) in [5, 5.41) is 0.649. The summed E-state index contributed by atoms with van der Waals surface area (Å²) in [5.74, 6) is 3.51. The monoisotopic (exact) mass is 317 g/mol. The fourth-order valence-corrected chi connectivity index (χ4v) is 2.58. The van der Waals surface area contributed by atoms with Crippen molar-refractivity contribution in [3.8, 4) is 11.5 Å². The SMILES string of the molecule is CCSCCOc1c(CC(N)CC)cc(Cl)cc1OC. The first-order valence-corrected chi connectivity index (χ1v) is 8.48. The summed E-state index contributed by atoms with van der Waals surface area (Å²) >= 11 is 7.98. The molecule has 1 aromatic rings. The van der Waals surface area contributed by atoms with Crippen molar-refractivity contribution in [3.05, 3.63) is 22.7 Å². The molecule has 0 saturated carbocycles. The number of benzene rings is 1. The van der Waals surface area contributed by atoms with E-state index in [0.29, 0.717) is 17.4 Å². The predicted molar refractivity (Wildman–Crippen MR) is 88.5 cm³/mol. The van der Waals surface area contributed by atoms with Crippen LogP contribution in [0.3, 0.4) is 0 Å². The summed E-state index contributed by atoms with van der Waals surface area (Å²) in [7, 11) is 1.63. The van der Waals surface area contributed by atoms with Crippen molar-refractivity contribution in [2.45, 2.75) is 32.7 Å². The Bertz CT molecular complexity index is 415. The van der Waals surface area contributed by atoms with E-state index in [9.17, 15) is 0 Å². The molecular formula is C15H24ClNO2S. The zero-order valence-electron chi connectivity index (χ0n) is 12.4. The van der Waals surface area contributed by atoms with Crippen LogP contribution in [-0.2, 0) is 6.42 Å². The van der Waals surface area contributed by atoms with E-state index in [1.165, 1.54) is 0 Å². The van der Waals surface area contributed by atoms with Gasteiger partial charge in [-0.3, -0.25) is 0 Å². The maximum atomic E-state index is 6.13. The summed E-state index contributed by atoms with van der Waals surface area (Å²) in [6.45, 7) is 4.87. The molecule has 0 aliphatic rings. The summed E-state index contributed by atoms with van der Waals surface area (Å²) in [6, 6.07) is 3.80. The van der Waals surface area contributed by atoms with E-state index in [1.54, 1.807) is 13.2 Å². The lowest BCUT2D eigenvalue weighted by Crippen LogP contribution is -2.22. The molecule has 0 bridgehead atoms. The van der Waals surface area contributed by atoms with Gasteiger partial charge < -0.3 is 15.2 Å². The Labute approximate surface area is 131 Å². The average molecular weight is 318 g/mol. The molecule has 1 aromatic carbocycles. The number of hydrogen-bond acceptors (Lipinski definition) is 4. The highest BCUT2D eigenvalue weighted by atomic mass is 35.5. The first-order valence-electron chi connectivity index (χ1n) is 6.94. The maximum absolute atomic E-state index is 6.13. The van der Waals surface area contributed by atoms with Gasteiger partial charge in [-0.1, -0.05) is 25.4 Å². The fourth-order valence-electron chi connectivity index (χ4n) is 1.86. The summed E-state index contributed by atoms with van der Waals surface area (Å²) in [5.41, 5.74) is 7.07. The Morgan fingerprint density at radius 1 is 1.35 bits per heavy atom. The topological polar surface area (TPSA) is 44.5 Å². The second-order valence-corrected chi connectivity index (χ2v) is 6.34. The number of thioether (sulfide) groups is 1. The van der Waals surface area contributed by atoms with Crippen molar-refractivity contribution in [1.82, 2.24) is 0 Å². The minimum Gasteiger partial charge on any atom is -0.493 e. The number of ether oxygens (including phenoxy) is 2. The van der Waals surface area contributed by atoms with Crippen LogP contribution in [0.4, 0.5) is 0 Å². The smallest absolute Gasteiger partial charge is 0.164 e. The zero-order valence-corrected chi connectivity index (χ0v) is 14.0. The van der Waals surface area contributed by atoms with Crippen LogP contribution in [0.2, 0.25) is 5.02 Å². The van der Waals surface area contributed by atoms with E-state index in [1.807, 2.05) is 17.8 Å². The van der Waals surface area contributed by atoms with E-state index in [4.69, 9.17) is 26.8 Å². The van der Waals surface area contributed by atoms with Gasteiger partial charge in [-0.25, -0.2) is 0 Å². The van der Waals surface area contributed by atoms with Crippen LogP contribution >= 0.6 is 23.4 Å². The van der Waals surface area contributed by atoms with Gasteiger partial charge in [-0.05, 0) is 24.7 Å². The molecule has 0 aliphatic carbocycles. The zero-order chi connectivity index (χ0) is 15.0. The molecule has 0 aliphatic heterocycles. The molecule has 0 radical (unpaired) electrons. The second kappa shape index (κ2) is 9.37. The molecule has 114 valence electrons. The molecule has 1 unspecified atom stereocenters. The molecular weight excluding hydrogens is 294 g/mol. The van der Waals surface area contributed by atoms with Gasteiger partial charge in [-0.2, -0.15) is 11.8 Å². The Morgan fingerprint density at radius 2 is 2.10 bits per heavy atom. The fraction of sp³-hybridized carbons (Fsp3) is 0.600. The first-order chi connectivity index (χ1) is 9.62. The molecule has 0 spiro atoms. The van der Waals surface area contributed by atoms with Crippen molar-refractivity contribution >= 4 is 23.4 Å². The molecule has 0 heterocycles. The van der Waals surface area contributed by atoms with E-state index in [2.05, 4.69) is 13.8 Å². The lowest BCUT2D eigenvalue weighted by molar-refractivity contribution is 0.309. The highest BCUT2D eigenvalue weighted by Gasteiger charge is 2.15. The molecule has 5 heteroatoms. The first kappa shape index (κ1) is 17.5. The minimum absolute atomic E-state index is 0.102. The lowest BCUT2D eigenvalue weighted by Gasteiger charge is -2.17. The van der Waals surface area contributed by atoms with Gasteiger partial charge >= 0.3 is 0 Å². The van der Waals surface area contributed by atoms with Crippen LogP contribution in [0.5, 0.6) is 11.5 Å². The van der Waals surface area contributed by atoms with Gasteiger partial charge in [0.1, 0.15) is 0 Å². The van der Waals surface area contributed by atoms with Gasteiger partial charge in [0.05, 0.1) is 13.7 Å². The number of methoxy groups -OCH3 is 1. The summed E-state index contributed by atoms with van der Waals surface area (Å²) in [6.07, 6.45) is 1.66. The Morgan fingerprint density at radius 3 is 2.70 bits per heavy atom. The van der Waals surface area contributed by atoms with Crippen LogP contribution in [-0.4, -0.2) is 31.3 Å². The Kier molecular flexibility index (Phi) is 8.19. The van der Waals surface area contributed by atoms with Gasteiger partial charge in [0, 0.05) is 28.4 Å². The number of rotatable bonds is 9. The number of halogens is 1. The van der Waals surface area contributed by atoms with Crippen molar-refractivity contribution in [3.63, 3.8) is 0 Å². The van der Waals surface area contributed by atoms with E-state index < -0.39 is 0 Å². The van der Waals surface area contributed by atoms with Crippen LogP contribution in [0, 0.1) is 0 Å². The predicted octanol–water partition coefficient (Wildman–Crippen LogP) is 3.76. The molecule has 0 amide bonds. The Balaban J connectivity index is 2.90. The molecule has 0 aromatic heterocycles. The quantitative estimate of drug-likeness (QED) is 0.704. The summed E-state index contributed by atoms with van der Waals surface area (Å²) in [4.78, 5) is 0. The van der Waals surface area contributed by atoms with E-state index in [0.717, 1.165) is 35.7 Å². The van der Waals surface area contributed by atoms with Gasteiger partial charge in [0.2, 0.25) is 0 Å². The van der Waals surface area contributed by atoms with E-state index in [-0.39, 0.29) is 6.04 Å². The Hall–Kier alpha value is -0.580. The standard InChI is InChI=1S/C15H24ClNO2S/c1-4-13(17)9-11-8-12(16)10-14(18-3)15(11)19-6-7-20-5-2/h8,10,13H,4-7,9,17H2,1-3H3. The van der Waals surface area contributed by atoms with Crippen LogP contribution in [0.1, 0.15) is 25.8 Å². The van der Waals surface area contributed by atoms with Crippen LogP contribution in [0.25, 0.3) is 0 Å². The van der Waals surface area contributed by atoms with Gasteiger partial charge in [0.15, 0.2) is 11.5 Å². The molecule has 1 atom stereocenters. The van der Waals surface area contributed by atoms with Crippen molar-refractivity contribution in [1.29, 1.82) is 0 Å². The van der Waals surface area contributed by atoms with Crippen molar-refractivity contribution in [2.75, 3.05) is 25.2 Å². The molecule has 0 saturated heterocycles. The molecule has 0 fully saturated rings. The number of nitrogens with two attached hydrogens (primary N) is 1. The molecule has 1 rings (SSSR count). The highest BCUT2D eigenvalue weighted by Crippen LogP contribution is 2.35. The number of hydrogen-bond donors (Lipinski definition) is 1. The van der Waals surface area contributed by atoms with E-state index >= 15 is 0 Å². The normalized spacial score (nSPS) is 12.2. The third kappa shape index (κ3) is 5.43. The second-order valence-electron chi connectivity index (χ2n) is 4.51. The molecule has 3 nitrogen and oxygen atoms in total. The third-order valence-electron chi connectivity index (χ3n) is 3.00. The highest BCUT2D eigenvalue weighted by molar-refractivity contribution is 7.99. The molecule has 20 heavy (non-hydrogen) atoms. The van der Waals surface area contributed by atoms with Gasteiger partial charge in [-0.15, -0.1) is 0 Å². The average Bonchev–Trinajstić information content (AvgIpc) is 2.44. The van der Waals surface area contributed by atoms with Crippen LogP contribution in [0.15, 0.2) is 12.1 Å². The van der Waals surface area contributed by atoms with Crippen LogP contribution < -0.4 is 15.2 Å². The van der Waals surface area contributed by atoms with Crippen molar-refractivity contribution < 1.29 is 9.47 Å².